The van der Waals surface area contributed by atoms with Gasteiger partial charge < -0.3 is 5.32 Å². The fourth-order valence-electron chi connectivity index (χ4n) is 2.88. The average Bonchev–Trinajstić information content (AvgIpc) is 2.98. The molecule has 0 unspecified atom stereocenters. The number of halogens is 4. The number of carbonyl (C=O) groups excluding carboxylic acids is 1. The molecule has 1 aliphatic heterocycles. The highest BCUT2D eigenvalue weighted by Gasteiger charge is 2.33. The largest absolute Gasteiger partial charge is 0.417 e. The summed E-state index contributed by atoms with van der Waals surface area (Å²) in [5.74, 6) is -0.578. The minimum Gasteiger partial charge on any atom is -0.322 e. The molecule has 3 rings (SSSR count). The lowest BCUT2D eigenvalue weighted by molar-refractivity contribution is -0.138. The van der Waals surface area contributed by atoms with E-state index in [1.807, 2.05) is 0 Å². The van der Waals surface area contributed by atoms with E-state index in [0.717, 1.165) is 12.3 Å². The van der Waals surface area contributed by atoms with Crippen molar-refractivity contribution in [3.8, 4) is 0 Å². The number of carbonyl (C=O) groups is 1. The first-order valence-corrected chi connectivity index (χ1v) is 10.4. The molecule has 0 aliphatic carbocycles. The van der Waals surface area contributed by atoms with E-state index in [2.05, 4.69) is 21.2 Å². The number of hydrogen-bond donors (Lipinski definition) is 1. The lowest BCUT2D eigenvalue weighted by Gasteiger charge is -2.16. The van der Waals surface area contributed by atoms with Gasteiger partial charge >= 0.3 is 6.18 Å². The molecule has 10 heteroatoms. The van der Waals surface area contributed by atoms with Crippen LogP contribution in [0, 0.1) is 0 Å². The van der Waals surface area contributed by atoms with Gasteiger partial charge in [-0.15, -0.1) is 0 Å². The molecule has 0 fully saturated rings. The molecular weight excluding hydrogens is 449 g/mol. The predicted octanol–water partition coefficient (Wildman–Crippen LogP) is 4.04. The van der Waals surface area contributed by atoms with Crippen LogP contribution < -0.4 is 9.62 Å². The van der Waals surface area contributed by atoms with Gasteiger partial charge in [0.05, 0.1) is 17.5 Å². The molecule has 1 aliphatic rings. The first-order chi connectivity index (χ1) is 12.5. The Balaban J connectivity index is 1.84. The molecule has 2 aromatic rings. The van der Waals surface area contributed by atoms with E-state index < -0.39 is 27.7 Å². The summed E-state index contributed by atoms with van der Waals surface area (Å²) in [7, 11) is -3.40. The fourth-order valence-corrected chi connectivity index (χ4v) is 4.31. The third-order valence-electron chi connectivity index (χ3n) is 4.12. The molecule has 27 heavy (non-hydrogen) atoms. The van der Waals surface area contributed by atoms with Gasteiger partial charge in [0.2, 0.25) is 10.0 Å². The van der Waals surface area contributed by atoms with Gasteiger partial charge in [-0.3, -0.25) is 9.10 Å². The number of anilines is 2. The second-order valence-electron chi connectivity index (χ2n) is 6.08. The third kappa shape index (κ3) is 4.11. The Hall–Kier alpha value is -2.07. The SMILES string of the molecule is CS(=O)(=O)N1CCc2cc(C(=O)Nc3ccc(Br)c(C(F)(F)F)c3)ccc21. The van der Waals surface area contributed by atoms with E-state index in [9.17, 15) is 26.4 Å². The Morgan fingerprint density at radius 1 is 1.19 bits per heavy atom. The number of hydrogen-bond acceptors (Lipinski definition) is 3. The van der Waals surface area contributed by atoms with E-state index >= 15 is 0 Å². The molecule has 0 radical (unpaired) electrons. The lowest BCUT2D eigenvalue weighted by atomic mass is 10.1. The van der Waals surface area contributed by atoms with Crippen LogP contribution >= 0.6 is 15.9 Å². The van der Waals surface area contributed by atoms with Gasteiger partial charge in [0, 0.05) is 22.3 Å². The third-order valence-corrected chi connectivity index (χ3v) is 6.00. The molecule has 1 N–H and O–H groups in total. The van der Waals surface area contributed by atoms with Gasteiger partial charge in [0.25, 0.3) is 5.91 Å². The number of fused-ring (bicyclic) bond motifs is 1. The number of rotatable bonds is 3. The fraction of sp³-hybridized carbons (Fsp3) is 0.235. The van der Waals surface area contributed by atoms with Gasteiger partial charge in [-0.05, 0) is 48.4 Å². The highest BCUT2D eigenvalue weighted by Crippen LogP contribution is 2.36. The number of benzene rings is 2. The van der Waals surface area contributed by atoms with E-state index in [4.69, 9.17) is 0 Å². The van der Waals surface area contributed by atoms with E-state index in [1.165, 1.54) is 28.6 Å². The summed E-state index contributed by atoms with van der Waals surface area (Å²) in [5.41, 5.74) is 0.560. The van der Waals surface area contributed by atoms with Gasteiger partial charge in [0.1, 0.15) is 0 Å². The minimum atomic E-state index is -4.55. The Labute approximate surface area is 162 Å². The molecule has 144 valence electrons. The monoisotopic (exact) mass is 462 g/mol. The van der Waals surface area contributed by atoms with Crippen molar-refractivity contribution < 1.29 is 26.4 Å². The summed E-state index contributed by atoms with van der Waals surface area (Å²) in [5, 5.41) is 2.44. The quantitative estimate of drug-likeness (QED) is 0.748. The zero-order valence-electron chi connectivity index (χ0n) is 14.0. The second kappa shape index (κ2) is 6.83. The summed E-state index contributed by atoms with van der Waals surface area (Å²) in [6, 6.07) is 7.95. The molecule has 0 spiro atoms. The van der Waals surface area contributed by atoms with E-state index in [1.54, 1.807) is 6.07 Å². The van der Waals surface area contributed by atoms with Gasteiger partial charge in [-0.25, -0.2) is 8.42 Å². The number of sulfonamides is 1. The second-order valence-corrected chi connectivity index (χ2v) is 8.84. The zero-order valence-corrected chi connectivity index (χ0v) is 16.4. The number of nitrogens with zero attached hydrogens (tertiary/aromatic N) is 1. The normalized spacial score (nSPS) is 14.2. The van der Waals surface area contributed by atoms with E-state index in [-0.39, 0.29) is 15.7 Å². The summed E-state index contributed by atoms with van der Waals surface area (Å²) in [4.78, 5) is 12.4. The van der Waals surface area contributed by atoms with E-state index in [0.29, 0.717) is 24.2 Å². The molecule has 0 bridgehead atoms. The Bertz CT molecular complexity index is 1020. The van der Waals surface area contributed by atoms with Gasteiger partial charge in [0.15, 0.2) is 0 Å². The van der Waals surface area contributed by atoms with Crippen molar-refractivity contribution in [3.63, 3.8) is 0 Å². The average molecular weight is 463 g/mol. The van der Waals surface area contributed by atoms with Crippen LogP contribution in [0.25, 0.3) is 0 Å². The summed E-state index contributed by atoms with van der Waals surface area (Å²) in [6.07, 6.45) is -2.99. The van der Waals surface area contributed by atoms with Crippen LogP contribution in [-0.2, 0) is 22.6 Å². The molecule has 5 nitrogen and oxygen atoms in total. The Kier molecular flexibility index (Phi) is 4.98. The smallest absolute Gasteiger partial charge is 0.322 e. The minimum absolute atomic E-state index is 0.00814. The number of amides is 1. The highest BCUT2D eigenvalue weighted by atomic mass is 79.9. The van der Waals surface area contributed by atoms with Crippen LogP contribution in [0.1, 0.15) is 21.5 Å². The van der Waals surface area contributed by atoms with Crippen molar-refractivity contribution in [2.75, 3.05) is 22.4 Å². The van der Waals surface area contributed by atoms with Crippen molar-refractivity contribution in [2.45, 2.75) is 12.6 Å². The van der Waals surface area contributed by atoms with Crippen LogP contribution in [0.15, 0.2) is 40.9 Å². The molecule has 1 heterocycles. The van der Waals surface area contributed by atoms with Crippen molar-refractivity contribution >= 4 is 43.2 Å². The van der Waals surface area contributed by atoms with Crippen LogP contribution in [0.4, 0.5) is 24.5 Å². The maximum Gasteiger partial charge on any atom is 0.417 e. The van der Waals surface area contributed by atoms with Gasteiger partial charge in [-0.2, -0.15) is 13.2 Å². The van der Waals surface area contributed by atoms with Gasteiger partial charge in [-0.1, -0.05) is 15.9 Å². The van der Waals surface area contributed by atoms with Crippen LogP contribution in [0.3, 0.4) is 0 Å². The van der Waals surface area contributed by atoms with Crippen molar-refractivity contribution in [1.29, 1.82) is 0 Å². The first-order valence-electron chi connectivity index (χ1n) is 7.75. The summed E-state index contributed by atoms with van der Waals surface area (Å²) < 4.78 is 63.6. The van der Waals surface area contributed by atoms with Crippen molar-refractivity contribution in [1.82, 2.24) is 0 Å². The van der Waals surface area contributed by atoms with Crippen LogP contribution in [0.5, 0.6) is 0 Å². The molecule has 2 aromatic carbocycles. The topological polar surface area (TPSA) is 66.5 Å². The maximum atomic E-state index is 13.0. The molecule has 0 aromatic heterocycles. The summed E-state index contributed by atoms with van der Waals surface area (Å²) in [6.45, 7) is 0.293. The number of nitrogens with one attached hydrogen (secondary N) is 1. The molecule has 0 atom stereocenters. The van der Waals surface area contributed by atoms with Crippen LogP contribution in [0.2, 0.25) is 0 Å². The Morgan fingerprint density at radius 2 is 1.89 bits per heavy atom. The Morgan fingerprint density at radius 3 is 2.52 bits per heavy atom. The van der Waals surface area contributed by atoms with Crippen molar-refractivity contribution in [3.05, 3.63) is 57.6 Å². The predicted molar refractivity (Wildman–Crippen MR) is 99.4 cm³/mol. The first kappa shape index (κ1) is 19.7. The zero-order chi connectivity index (χ0) is 20.0. The van der Waals surface area contributed by atoms with Crippen LogP contribution in [-0.4, -0.2) is 27.1 Å². The standard InChI is InChI=1S/C17H14BrF3N2O3S/c1-27(25,26)23-7-6-10-8-11(2-5-15(10)23)16(24)22-12-3-4-14(18)13(9-12)17(19,20)21/h2-5,8-9H,6-7H2,1H3,(H,22,24). The molecule has 0 saturated carbocycles. The summed E-state index contributed by atoms with van der Waals surface area (Å²) >= 11 is 2.85. The lowest BCUT2D eigenvalue weighted by Crippen LogP contribution is -2.27. The maximum absolute atomic E-state index is 13.0. The molecule has 1 amide bonds. The van der Waals surface area contributed by atoms with Crippen molar-refractivity contribution in [2.24, 2.45) is 0 Å². The highest BCUT2D eigenvalue weighted by molar-refractivity contribution is 9.10. The molecular formula is C17H14BrF3N2O3S. The number of alkyl halides is 3. The molecule has 0 saturated heterocycles.